The molecular weight excluding hydrogens is 466 g/mol. The summed E-state index contributed by atoms with van der Waals surface area (Å²) < 4.78 is 26.0. The van der Waals surface area contributed by atoms with Gasteiger partial charge in [-0.2, -0.15) is 0 Å². The van der Waals surface area contributed by atoms with E-state index in [1.54, 1.807) is 0 Å². The highest BCUT2D eigenvalue weighted by Gasteiger charge is 2.42. The van der Waals surface area contributed by atoms with Gasteiger partial charge in [0.1, 0.15) is 0 Å². The van der Waals surface area contributed by atoms with Crippen LogP contribution in [-0.4, -0.2) is 58.1 Å². The van der Waals surface area contributed by atoms with E-state index in [0.717, 1.165) is 34.6 Å². The zero-order valence-corrected chi connectivity index (χ0v) is 19.9. The van der Waals surface area contributed by atoms with E-state index in [0.29, 0.717) is 18.0 Å². The second kappa shape index (κ2) is 8.72. The number of hydrogen-bond acceptors (Lipinski definition) is 5. The number of sulfone groups is 1. The summed E-state index contributed by atoms with van der Waals surface area (Å²) in [5, 5.41) is 1.38. The highest BCUT2D eigenvalue weighted by molar-refractivity contribution is 7.99. The number of nitrogens with zero attached hydrogens (tertiary/aromatic N) is 3. The van der Waals surface area contributed by atoms with Crippen LogP contribution < -0.4 is 0 Å². The van der Waals surface area contributed by atoms with E-state index in [1.807, 2.05) is 41.3 Å². The van der Waals surface area contributed by atoms with Crippen LogP contribution in [0.4, 0.5) is 0 Å². The Hall–Kier alpha value is -2.03. The summed E-state index contributed by atoms with van der Waals surface area (Å²) >= 11 is 7.59. The molecule has 0 spiro atoms. The van der Waals surface area contributed by atoms with E-state index in [2.05, 4.69) is 16.7 Å². The van der Waals surface area contributed by atoms with E-state index >= 15 is 0 Å². The average Bonchev–Trinajstić information content (AvgIpc) is 3.45. The highest BCUT2D eigenvalue weighted by Crippen LogP contribution is 2.34. The number of thioether (sulfide) groups is 1. The van der Waals surface area contributed by atoms with Crippen molar-refractivity contribution < 1.29 is 13.2 Å². The number of halogens is 1. The topological polar surface area (TPSA) is 72.3 Å². The van der Waals surface area contributed by atoms with Crippen LogP contribution in [0.25, 0.3) is 11.0 Å². The molecule has 1 amide bonds. The van der Waals surface area contributed by atoms with E-state index in [4.69, 9.17) is 16.6 Å². The quantitative estimate of drug-likeness (QED) is 0.469. The molecule has 6 nitrogen and oxygen atoms in total. The molecule has 168 valence electrons. The Kier molecular flexibility index (Phi) is 5.94. The fourth-order valence-corrected chi connectivity index (χ4v) is 7.12. The smallest absolute Gasteiger partial charge is 0.233 e. The molecule has 0 N–H and O–H groups in total. The first-order valence-electron chi connectivity index (χ1n) is 10.7. The zero-order valence-electron chi connectivity index (χ0n) is 17.5. The van der Waals surface area contributed by atoms with Gasteiger partial charge in [0.15, 0.2) is 15.0 Å². The molecule has 0 bridgehead atoms. The van der Waals surface area contributed by atoms with Gasteiger partial charge < -0.3 is 9.47 Å². The van der Waals surface area contributed by atoms with Crippen LogP contribution in [0.2, 0.25) is 5.02 Å². The van der Waals surface area contributed by atoms with Gasteiger partial charge in [0, 0.05) is 17.1 Å². The minimum Gasteiger partial charge on any atom is -0.335 e. The van der Waals surface area contributed by atoms with Gasteiger partial charge in [-0.1, -0.05) is 53.7 Å². The van der Waals surface area contributed by atoms with Crippen molar-refractivity contribution in [2.24, 2.45) is 0 Å². The maximum atomic E-state index is 13.2. The fourth-order valence-electron chi connectivity index (χ4n) is 4.36. The third-order valence-corrected chi connectivity index (χ3v) is 8.96. The lowest BCUT2D eigenvalue weighted by Crippen LogP contribution is -2.43. The second-order valence-electron chi connectivity index (χ2n) is 8.48. The Bertz CT molecular complexity index is 1260. The molecular formula is C23H24ClN3O3S2. The number of rotatable bonds is 7. The van der Waals surface area contributed by atoms with Crippen LogP contribution in [0.5, 0.6) is 0 Å². The van der Waals surface area contributed by atoms with Gasteiger partial charge in [0.05, 0.1) is 34.8 Å². The molecule has 0 radical (unpaired) electrons. The van der Waals surface area contributed by atoms with Gasteiger partial charge in [0.25, 0.3) is 0 Å². The van der Waals surface area contributed by atoms with Gasteiger partial charge in [-0.05, 0) is 43.0 Å². The lowest BCUT2D eigenvalue weighted by molar-refractivity contribution is -0.130. The Morgan fingerprint density at radius 1 is 1.12 bits per heavy atom. The molecule has 1 saturated heterocycles. The van der Waals surface area contributed by atoms with Gasteiger partial charge in [-0.25, -0.2) is 13.4 Å². The SMILES string of the molecule is O=C(CSc1nc2cc(Cl)ccc2n1Cc1ccccc1)N(C1CC1)[C@H]1CCS(=O)(=O)C1. The molecule has 2 aliphatic rings. The molecule has 2 aromatic carbocycles. The molecule has 1 aromatic heterocycles. The summed E-state index contributed by atoms with van der Waals surface area (Å²) in [5.41, 5.74) is 2.91. The largest absolute Gasteiger partial charge is 0.335 e. The number of hydrogen-bond donors (Lipinski definition) is 0. The predicted molar refractivity (Wildman–Crippen MR) is 128 cm³/mol. The van der Waals surface area contributed by atoms with Crippen molar-refractivity contribution in [2.45, 2.75) is 43.0 Å². The number of fused-ring (bicyclic) bond motifs is 1. The third-order valence-electron chi connectivity index (χ3n) is 6.01. The number of benzene rings is 2. The standard InChI is InChI=1S/C23H24ClN3O3S2/c24-17-6-9-21-20(12-17)25-23(26(21)13-16-4-2-1-3-5-16)31-14-22(28)27(18-7-8-18)19-10-11-32(29,30)15-19/h1-6,9,12,18-19H,7-8,10-11,13-15H2/t19-/m0/s1. The first kappa shape index (κ1) is 21.8. The normalized spacial score (nSPS) is 20.0. The van der Waals surface area contributed by atoms with E-state index < -0.39 is 9.84 Å². The van der Waals surface area contributed by atoms with Gasteiger partial charge in [-0.3, -0.25) is 4.79 Å². The maximum absolute atomic E-state index is 13.2. The third kappa shape index (κ3) is 4.67. The molecule has 1 atom stereocenters. The summed E-state index contributed by atoms with van der Waals surface area (Å²) in [6.45, 7) is 0.642. The first-order valence-corrected chi connectivity index (χ1v) is 13.9. The first-order chi connectivity index (χ1) is 15.4. The Labute approximate surface area is 196 Å². The van der Waals surface area contributed by atoms with Crippen molar-refractivity contribution in [1.82, 2.24) is 14.5 Å². The van der Waals surface area contributed by atoms with E-state index in [-0.39, 0.29) is 35.2 Å². The molecule has 1 aliphatic heterocycles. The number of imidazole rings is 1. The Morgan fingerprint density at radius 3 is 2.59 bits per heavy atom. The van der Waals surface area contributed by atoms with Crippen molar-refractivity contribution >= 4 is 50.1 Å². The summed E-state index contributed by atoms with van der Waals surface area (Å²) in [6.07, 6.45) is 2.45. The second-order valence-corrected chi connectivity index (χ2v) is 12.1. The van der Waals surface area contributed by atoms with Crippen molar-refractivity contribution in [1.29, 1.82) is 0 Å². The highest BCUT2D eigenvalue weighted by atomic mass is 35.5. The van der Waals surface area contributed by atoms with Crippen LogP contribution in [0.1, 0.15) is 24.8 Å². The molecule has 9 heteroatoms. The minimum atomic E-state index is -3.04. The summed E-state index contributed by atoms with van der Waals surface area (Å²) in [7, 11) is -3.04. The van der Waals surface area contributed by atoms with Gasteiger partial charge in [0.2, 0.25) is 5.91 Å². The lowest BCUT2D eigenvalue weighted by atomic mass is 10.2. The van der Waals surface area contributed by atoms with Crippen molar-refractivity contribution in [2.75, 3.05) is 17.3 Å². The Balaban J connectivity index is 1.38. The van der Waals surface area contributed by atoms with Crippen LogP contribution in [-0.2, 0) is 21.2 Å². The Morgan fingerprint density at radius 2 is 1.91 bits per heavy atom. The molecule has 2 heterocycles. The fraction of sp³-hybridized carbons (Fsp3) is 0.391. The molecule has 1 saturated carbocycles. The number of carbonyl (C=O) groups excluding carboxylic acids is 1. The van der Waals surface area contributed by atoms with Crippen LogP contribution in [0, 0.1) is 0 Å². The van der Waals surface area contributed by atoms with E-state index in [9.17, 15) is 13.2 Å². The number of carbonyl (C=O) groups is 1. The molecule has 2 fully saturated rings. The maximum Gasteiger partial charge on any atom is 0.233 e. The van der Waals surface area contributed by atoms with Crippen LogP contribution >= 0.6 is 23.4 Å². The van der Waals surface area contributed by atoms with Gasteiger partial charge in [-0.15, -0.1) is 0 Å². The lowest BCUT2D eigenvalue weighted by Gasteiger charge is -2.28. The molecule has 1 aliphatic carbocycles. The predicted octanol–water partition coefficient (Wildman–Crippen LogP) is 4.01. The van der Waals surface area contributed by atoms with E-state index in [1.165, 1.54) is 11.8 Å². The zero-order chi connectivity index (χ0) is 22.3. The minimum absolute atomic E-state index is 0.00375. The number of aromatic nitrogens is 2. The van der Waals surface area contributed by atoms with Crippen LogP contribution in [0.3, 0.4) is 0 Å². The van der Waals surface area contributed by atoms with Crippen molar-refractivity contribution in [3.63, 3.8) is 0 Å². The number of amides is 1. The van der Waals surface area contributed by atoms with Crippen LogP contribution in [0.15, 0.2) is 53.7 Å². The molecule has 5 rings (SSSR count). The van der Waals surface area contributed by atoms with Gasteiger partial charge >= 0.3 is 0 Å². The van der Waals surface area contributed by atoms with Crippen molar-refractivity contribution in [3.8, 4) is 0 Å². The molecule has 3 aromatic rings. The van der Waals surface area contributed by atoms with Crippen molar-refractivity contribution in [3.05, 3.63) is 59.1 Å². The molecule has 32 heavy (non-hydrogen) atoms. The monoisotopic (exact) mass is 489 g/mol. The summed E-state index contributed by atoms with van der Waals surface area (Å²) in [5.74, 6) is 0.495. The summed E-state index contributed by atoms with van der Waals surface area (Å²) in [4.78, 5) is 19.8. The average molecular weight is 490 g/mol. The summed E-state index contributed by atoms with van der Waals surface area (Å²) in [6, 6.07) is 15.8. The molecule has 0 unspecified atom stereocenters.